The summed E-state index contributed by atoms with van der Waals surface area (Å²) in [7, 11) is 0. The van der Waals surface area contributed by atoms with Crippen LogP contribution in [0.4, 0.5) is 0 Å². The molecular weight excluding hydrogens is 166 g/mol. The summed E-state index contributed by atoms with van der Waals surface area (Å²) in [6, 6.07) is 0.840. The van der Waals surface area contributed by atoms with Crippen molar-refractivity contribution in [2.45, 2.75) is 31.8 Å². The van der Waals surface area contributed by atoms with Gasteiger partial charge in [0.25, 0.3) is 0 Å². The first-order valence-electron chi connectivity index (χ1n) is 5.28. The zero-order valence-corrected chi connectivity index (χ0v) is 8.25. The molecule has 0 aliphatic carbocycles. The highest BCUT2D eigenvalue weighted by Crippen LogP contribution is 2.10. The molecule has 2 fully saturated rings. The molecule has 13 heavy (non-hydrogen) atoms. The van der Waals surface area contributed by atoms with Gasteiger partial charge in [-0.05, 0) is 19.4 Å². The lowest BCUT2D eigenvalue weighted by molar-refractivity contribution is -0.885. The highest BCUT2D eigenvalue weighted by molar-refractivity contribution is 4.81. The molecule has 4 heteroatoms. The van der Waals surface area contributed by atoms with Crippen LogP contribution in [0.1, 0.15) is 19.8 Å². The number of piperazine rings is 1. The molecule has 0 amide bonds. The third-order valence-electron chi connectivity index (χ3n) is 3.33. The molecule has 2 saturated heterocycles. The van der Waals surface area contributed by atoms with Crippen LogP contribution in [0.2, 0.25) is 0 Å². The molecule has 76 valence electrons. The molecule has 4 nitrogen and oxygen atoms in total. The molecule has 2 aliphatic heterocycles. The monoisotopic (exact) mass is 185 g/mol. The third kappa shape index (κ3) is 1.86. The van der Waals surface area contributed by atoms with Crippen molar-refractivity contribution in [1.82, 2.24) is 10.2 Å². The Hall–Kier alpha value is -0.160. The normalized spacial score (nSPS) is 41.5. The first-order chi connectivity index (χ1) is 6.31. The van der Waals surface area contributed by atoms with Gasteiger partial charge in [0.2, 0.25) is 0 Å². The third-order valence-corrected chi connectivity index (χ3v) is 3.33. The lowest BCUT2D eigenvalue weighted by atomic mass is 10.0. The second-order valence-electron chi connectivity index (χ2n) is 4.15. The molecule has 2 rings (SSSR count). The van der Waals surface area contributed by atoms with E-state index >= 15 is 0 Å². The van der Waals surface area contributed by atoms with Gasteiger partial charge in [-0.3, -0.25) is 4.90 Å². The molecule has 3 atom stereocenters. The van der Waals surface area contributed by atoms with Crippen LogP contribution in [-0.4, -0.2) is 43.3 Å². The van der Waals surface area contributed by atoms with Gasteiger partial charge in [-0.25, -0.2) is 0 Å². The predicted octanol–water partition coefficient (Wildman–Crippen LogP) is -1.22. The minimum Gasteiger partial charge on any atom is -0.634 e. The molecule has 0 aromatic carbocycles. The Bertz CT molecular complexity index is 176. The average molecular weight is 185 g/mol. The number of hydroxylamine groups is 2. The zero-order valence-electron chi connectivity index (χ0n) is 8.25. The van der Waals surface area contributed by atoms with E-state index in [0.29, 0.717) is 17.1 Å². The van der Waals surface area contributed by atoms with Crippen LogP contribution in [-0.2, 0) is 0 Å². The van der Waals surface area contributed by atoms with E-state index in [1.807, 2.05) is 0 Å². The molecule has 2 aliphatic rings. The minimum absolute atomic E-state index is 0.302. The van der Waals surface area contributed by atoms with Gasteiger partial charge in [0, 0.05) is 6.67 Å². The van der Waals surface area contributed by atoms with E-state index < -0.39 is 0 Å². The maximum Gasteiger partial charge on any atom is 0.0998 e. The van der Waals surface area contributed by atoms with E-state index in [0.717, 1.165) is 39.1 Å². The Morgan fingerprint density at radius 3 is 3.23 bits per heavy atom. The van der Waals surface area contributed by atoms with Crippen molar-refractivity contribution in [3.8, 4) is 0 Å². The summed E-state index contributed by atoms with van der Waals surface area (Å²) in [5, 5.41) is 15.5. The van der Waals surface area contributed by atoms with Crippen LogP contribution in [0.5, 0.6) is 0 Å². The van der Waals surface area contributed by atoms with Crippen molar-refractivity contribution in [3.63, 3.8) is 0 Å². The fraction of sp³-hybridized carbons (Fsp3) is 1.00. The van der Waals surface area contributed by atoms with Crippen molar-refractivity contribution in [2.24, 2.45) is 0 Å². The van der Waals surface area contributed by atoms with Gasteiger partial charge < -0.3 is 15.6 Å². The molecule has 2 heterocycles. The second-order valence-corrected chi connectivity index (χ2v) is 4.15. The zero-order chi connectivity index (χ0) is 9.26. The topological polar surface area (TPSA) is 42.8 Å². The average Bonchev–Trinajstić information content (AvgIpc) is 2.17. The number of nitrogens with one attached hydrogen (secondary N) is 2. The van der Waals surface area contributed by atoms with Gasteiger partial charge in [0.1, 0.15) is 0 Å². The number of hydrogen-bond donors (Lipinski definition) is 2. The summed E-state index contributed by atoms with van der Waals surface area (Å²) in [6.07, 6.45) is 2.14. The van der Waals surface area contributed by atoms with Gasteiger partial charge in [-0.15, -0.1) is 0 Å². The number of hydrogen-bond acceptors (Lipinski definition) is 3. The standard InChI is InChI=1S/C9H19N3O/c1-2-8-5-11-7-10-4-3-9(11)6-12(8)13/h8-10,12H,2-7H2,1H3. The Morgan fingerprint density at radius 1 is 1.62 bits per heavy atom. The Kier molecular flexibility index (Phi) is 2.83. The molecule has 0 spiro atoms. The number of rotatable bonds is 1. The summed E-state index contributed by atoms with van der Waals surface area (Å²) in [6.45, 7) is 5.94. The van der Waals surface area contributed by atoms with E-state index in [-0.39, 0.29) is 0 Å². The van der Waals surface area contributed by atoms with Gasteiger partial charge in [-0.1, -0.05) is 6.92 Å². The summed E-state index contributed by atoms with van der Waals surface area (Å²) in [4.78, 5) is 2.43. The molecular formula is C9H19N3O. The molecule has 0 aromatic heterocycles. The molecule has 0 saturated carbocycles. The first-order valence-corrected chi connectivity index (χ1v) is 5.28. The number of nitrogens with zero attached hydrogens (tertiary/aromatic N) is 1. The van der Waals surface area contributed by atoms with Gasteiger partial charge >= 0.3 is 0 Å². The lowest BCUT2D eigenvalue weighted by Gasteiger charge is -2.47. The summed E-state index contributed by atoms with van der Waals surface area (Å²) < 4.78 is 0. The van der Waals surface area contributed by atoms with E-state index in [1.165, 1.54) is 0 Å². The predicted molar refractivity (Wildman–Crippen MR) is 51.3 cm³/mol. The van der Waals surface area contributed by atoms with E-state index in [2.05, 4.69) is 17.1 Å². The van der Waals surface area contributed by atoms with Crippen LogP contribution in [0.3, 0.4) is 0 Å². The van der Waals surface area contributed by atoms with Crippen molar-refractivity contribution >= 4 is 0 Å². The number of quaternary nitrogens is 1. The quantitative estimate of drug-likeness (QED) is 0.503. The summed E-state index contributed by atoms with van der Waals surface area (Å²) in [5.74, 6) is 0. The second kappa shape index (κ2) is 3.92. The highest BCUT2D eigenvalue weighted by atomic mass is 16.5. The smallest absolute Gasteiger partial charge is 0.0998 e. The van der Waals surface area contributed by atoms with Crippen LogP contribution in [0.25, 0.3) is 0 Å². The van der Waals surface area contributed by atoms with Crippen LogP contribution < -0.4 is 10.4 Å². The van der Waals surface area contributed by atoms with E-state index in [9.17, 15) is 5.21 Å². The maximum absolute atomic E-state index is 11.6. The Labute approximate surface area is 79.5 Å². The first kappa shape index (κ1) is 9.40. The SMILES string of the molecule is CCC1CN2CNCCC2C[NH+]1[O-]. The fourth-order valence-corrected chi connectivity index (χ4v) is 2.39. The largest absolute Gasteiger partial charge is 0.634 e. The summed E-state index contributed by atoms with van der Waals surface area (Å²) in [5.41, 5.74) is 0. The van der Waals surface area contributed by atoms with Crippen LogP contribution in [0.15, 0.2) is 0 Å². The van der Waals surface area contributed by atoms with E-state index in [1.54, 1.807) is 0 Å². The van der Waals surface area contributed by atoms with Crippen molar-refractivity contribution in [3.05, 3.63) is 5.21 Å². The summed E-state index contributed by atoms with van der Waals surface area (Å²) >= 11 is 0. The van der Waals surface area contributed by atoms with Gasteiger partial charge in [0.05, 0.1) is 25.2 Å². The molecule has 3 unspecified atom stereocenters. The van der Waals surface area contributed by atoms with E-state index in [4.69, 9.17) is 0 Å². The number of fused-ring (bicyclic) bond motifs is 1. The van der Waals surface area contributed by atoms with Crippen molar-refractivity contribution < 1.29 is 5.06 Å². The van der Waals surface area contributed by atoms with Gasteiger partial charge in [-0.2, -0.15) is 0 Å². The minimum atomic E-state index is 0.302. The van der Waals surface area contributed by atoms with Crippen molar-refractivity contribution in [2.75, 3.05) is 26.3 Å². The van der Waals surface area contributed by atoms with Gasteiger partial charge in [0.15, 0.2) is 0 Å². The van der Waals surface area contributed by atoms with Crippen molar-refractivity contribution in [1.29, 1.82) is 0 Å². The molecule has 2 N–H and O–H groups in total. The van der Waals surface area contributed by atoms with Crippen LogP contribution >= 0.6 is 0 Å². The fourth-order valence-electron chi connectivity index (χ4n) is 2.39. The Morgan fingerprint density at radius 2 is 2.46 bits per heavy atom. The molecule has 0 aromatic rings. The maximum atomic E-state index is 11.6. The van der Waals surface area contributed by atoms with Crippen LogP contribution in [0, 0.1) is 5.21 Å². The highest BCUT2D eigenvalue weighted by Gasteiger charge is 2.33. The lowest BCUT2D eigenvalue weighted by Crippen LogP contribution is -3.15. The molecule has 0 radical (unpaired) electrons. The Balaban J connectivity index is 1.97. The molecule has 0 bridgehead atoms.